The third-order valence-corrected chi connectivity index (χ3v) is 2.90. The Morgan fingerprint density at radius 1 is 1.39 bits per heavy atom. The molecule has 0 bridgehead atoms. The zero-order valence-corrected chi connectivity index (χ0v) is 11.0. The molecule has 0 radical (unpaired) electrons. The molecular formula is C13H14ClN3O. The highest BCUT2D eigenvalue weighted by molar-refractivity contribution is 6.33. The predicted octanol–water partition coefficient (Wildman–Crippen LogP) is 3.44. The highest BCUT2D eigenvalue weighted by Gasteiger charge is 2.13. The van der Waals surface area contributed by atoms with E-state index in [9.17, 15) is 4.79 Å². The molecule has 5 heteroatoms. The lowest BCUT2D eigenvalue weighted by molar-refractivity contribution is 0.102. The molecule has 0 unspecified atom stereocenters. The number of carbonyl (C=O) groups excluding carboxylic acids is 1. The number of H-pyrrole nitrogens is 1. The molecule has 4 nitrogen and oxygen atoms in total. The van der Waals surface area contributed by atoms with E-state index in [1.165, 1.54) is 0 Å². The molecule has 0 fully saturated rings. The molecule has 1 aromatic carbocycles. The lowest BCUT2D eigenvalue weighted by atomic mass is 10.1. The summed E-state index contributed by atoms with van der Waals surface area (Å²) in [6, 6.07) is 8.84. The minimum Gasteiger partial charge on any atom is -0.319 e. The van der Waals surface area contributed by atoms with Crippen molar-refractivity contribution in [2.45, 2.75) is 19.8 Å². The van der Waals surface area contributed by atoms with Crippen LogP contribution in [0.2, 0.25) is 5.02 Å². The van der Waals surface area contributed by atoms with Crippen molar-refractivity contribution in [3.8, 4) is 0 Å². The Morgan fingerprint density at radius 2 is 2.11 bits per heavy atom. The number of aromatic amines is 1. The second-order valence-corrected chi connectivity index (χ2v) is 4.70. The summed E-state index contributed by atoms with van der Waals surface area (Å²) in [6.45, 7) is 4.06. The van der Waals surface area contributed by atoms with E-state index in [1.807, 2.05) is 26.0 Å². The van der Waals surface area contributed by atoms with Gasteiger partial charge in [0, 0.05) is 5.69 Å². The van der Waals surface area contributed by atoms with Crippen LogP contribution in [0, 0.1) is 0 Å². The molecule has 1 aromatic heterocycles. The first-order valence-corrected chi connectivity index (χ1v) is 6.07. The van der Waals surface area contributed by atoms with Crippen molar-refractivity contribution in [1.29, 1.82) is 0 Å². The van der Waals surface area contributed by atoms with Crippen molar-refractivity contribution in [2.75, 3.05) is 5.32 Å². The SMILES string of the molecule is CC(C)c1cc(C(=O)Nc2ccccc2Cl)n[nH]1. The molecular weight excluding hydrogens is 250 g/mol. The number of hydrogen-bond donors (Lipinski definition) is 2. The average Bonchev–Trinajstić information content (AvgIpc) is 2.81. The average molecular weight is 264 g/mol. The van der Waals surface area contributed by atoms with Crippen LogP contribution < -0.4 is 5.32 Å². The standard InChI is InChI=1S/C13H14ClN3O/c1-8(2)11-7-12(17-16-11)13(18)15-10-6-4-3-5-9(10)14/h3-8H,1-2H3,(H,15,18)(H,16,17). The van der Waals surface area contributed by atoms with E-state index in [4.69, 9.17) is 11.6 Å². The van der Waals surface area contributed by atoms with Gasteiger partial charge in [0.1, 0.15) is 0 Å². The predicted molar refractivity (Wildman–Crippen MR) is 72.1 cm³/mol. The van der Waals surface area contributed by atoms with Gasteiger partial charge in [0.15, 0.2) is 5.69 Å². The van der Waals surface area contributed by atoms with Crippen LogP contribution in [0.15, 0.2) is 30.3 Å². The number of benzene rings is 1. The summed E-state index contributed by atoms with van der Waals surface area (Å²) in [5.41, 5.74) is 1.87. The van der Waals surface area contributed by atoms with Gasteiger partial charge >= 0.3 is 0 Å². The summed E-state index contributed by atoms with van der Waals surface area (Å²) in [6.07, 6.45) is 0. The van der Waals surface area contributed by atoms with Crippen LogP contribution >= 0.6 is 11.6 Å². The summed E-state index contributed by atoms with van der Waals surface area (Å²) in [7, 11) is 0. The number of nitrogens with zero attached hydrogens (tertiary/aromatic N) is 1. The van der Waals surface area contributed by atoms with Crippen LogP contribution in [0.25, 0.3) is 0 Å². The van der Waals surface area contributed by atoms with Crippen LogP contribution in [0.1, 0.15) is 35.9 Å². The van der Waals surface area contributed by atoms with E-state index >= 15 is 0 Å². The molecule has 1 heterocycles. The van der Waals surface area contributed by atoms with Crippen LogP contribution in [0.3, 0.4) is 0 Å². The molecule has 2 aromatic rings. The number of hydrogen-bond acceptors (Lipinski definition) is 2. The molecule has 0 saturated carbocycles. The van der Waals surface area contributed by atoms with Crippen molar-refractivity contribution < 1.29 is 4.79 Å². The minimum absolute atomic E-state index is 0.272. The Labute approximate surface area is 110 Å². The van der Waals surface area contributed by atoms with E-state index in [0.717, 1.165) is 5.69 Å². The number of aromatic nitrogens is 2. The zero-order valence-electron chi connectivity index (χ0n) is 10.2. The van der Waals surface area contributed by atoms with Crippen LogP contribution in [0.5, 0.6) is 0 Å². The van der Waals surface area contributed by atoms with Crippen LogP contribution in [-0.2, 0) is 0 Å². The number of halogens is 1. The molecule has 94 valence electrons. The topological polar surface area (TPSA) is 57.8 Å². The Hall–Kier alpha value is -1.81. The maximum atomic E-state index is 11.9. The number of anilines is 1. The first-order valence-electron chi connectivity index (χ1n) is 5.69. The van der Waals surface area contributed by atoms with Gasteiger partial charge in [-0.25, -0.2) is 0 Å². The van der Waals surface area contributed by atoms with Gasteiger partial charge in [-0.15, -0.1) is 0 Å². The van der Waals surface area contributed by atoms with Crippen molar-refractivity contribution in [2.24, 2.45) is 0 Å². The summed E-state index contributed by atoms with van der Waals surface area (Å²) >= 11 is 5.97. The van der Waals surface area contributed by atoms with E-state index in [1.54, 1.807) is 18.2 Å². The summed E-state index contributed by atoms with van der Waals surface area (Å²) in [5.74, 6) is 0.0330. The Balaban J connectivity index is 2.15. The maximum absolute atomic E-state index is 11.9. The van der Waals surface area contributed by atoms with Crippen molar-refractivity contribution in [3.05, 3.63) is 46.7 Å². The fourth-order valence-electron chi connectivity index (χ4n) is 1.50. The van der Waals surface area contributed by atoms with Gasteiger partial charge in [0.25, 0.3) is 5.91 Å². The number of para-hydroxylation sites is 1. The molecule has 0 atom stereocenters. The van der Waals surface area contributed by atoms with E-state index in [2.05, 4.69) is 15.5 Å². The molecule has 0 aliphatic heterocycles. The first-order chi connectivity index (χ1) is 8.58. The summed E-state index contributed by atoms with van der Waals surface area (Å²) in [4.78, 5) is 11.9. The molecule has 1 amide bonds. The zero-order chi connectivity index (χ0) is 13.1. The third kappa shape index (κ3) is 2.71. The number of amides is 1. The molecule has 0 spiro atoms. The second kappa shape index (κ2) is 5.23. The molecule has 0 aliphatic rings. The first kappa shape index (κ1) is 12.6. The molecule has 18 heavy (non-hydrogen) atoms. The smallest absolute Gasteiger partial charge is 0.276 e. The van der Waals surface area contributed by atoms with E-state index in [0.29, 0.717) is 22.3 Å². The monoisotopic (exact) mass is 263 g/mol. The van der Waals surface area contributed by atoms with Crippen molar-refractivity contribution in [1.82, 2.24) is 10.2 Å². The van der Waals surface area contributed by atoms with Gasteiger partial charge in [-0.2, -0.15) is 5.10 Å². The van der Waals surface area contributed by atoms with Gasteiger partial charge in [0.2, 0.25) is 0 Å². The van der Waals surface area contributed by atoms with Crippen molar-refractivity contribution in [3.63, 3.8) is 0 Å². The largest absolute Gasteiger partial charge is 0.319 e. The van der Waals surface area contributed by atoms with Gasteiger partial charge in [0.05, 0.1) is 10.7 Å². The van der Waals surface area contributed by atoms with E-state index < -0.39 is 0 Å². The Bertz CT molecular complexity index is 563. The molecule has 2 rings (SSSR count). The fraction of sp³-hybridized carbons (Fsp3) is 0.231. The third-order valence-electron chi connectivity index (χ3n) is 2.57. The normalized spacial score (nSPS) is 10.7. The summed E-state index contributed by atoms with van der Waals surface area (Å²) < 4.78 is 0. The fourth-order valence-corrected chi connectivity index (χ4v) is 1.68. The highest BCUT2D eigenvalue weighted by Crippen LogP contribution is 2.21. The quantitative estimate of drug-likeness (QED) is 0.891. The number of carbonyl (C=O) groups is 1. The van der Waals surface area contributed by atoms with Gasteiger partial charge in [-0.1, -0.05) is 37.6 Å². The van der Waals surface area contributed by atoms with Crippen LogP contribution in [0.4, 0.5) is 5.69 Å². The minimum atomic E-state index is -0.272. The molecule has 0 aliphatic carbocycles. The number of nitrogens with one attached hydrogen (secondary N) is 2. The van der Waals surface area contributed by atoms with Crippen molar-refractivity contribution >= 4 is 23.2 Å². The molecule has 2 N–H and O–H groups in total. The highest BCUT2D eigenvalue weighted by atomic mass is 35.5. The number of rotatable bonds is 3. The Kier molecular flexibility index (Phi) is 3.67. The van der Waals surface area contributed by atoms with Gasteiger partial charge < -0.3 is 5.32 Å². The van der Waals surface area contributed by atoms with Gasteiger partial charge in [-0.05, 0) is 24.1 Å². The maximum Gasteiger partial charge on any atom is 0.276 e. The summed E-state index contributed by atoms with van der Waals surface area (Å²) in [5, 5.41) is 10.1. The van der Waals surface area contributed by atoms with Gasteiger partial charge in [-0.3, -0.25) is 9.89 Å². The second-order valence-electron chi connectivity index (χ2n) is 4.30. The van der Waals surface area contributed by atoms with Crippen LogP contribution in [-0.4, -0.2) is 16.1 Å². The lowest BCUT2D eigenvalue weighted by Gasteiger charge is -2.04. The Morgan fingerprint density at radius 3 is 2.72 bits per heavy atom. The molecule has 0 saturated heterocycles. The lowest BCUT2D eigenvalue weighted by Crippen LogP contribution is -2.12. The van der Waals surface area contributed by atoms with E-state index in [-0.39, 0.29) is 5.91 Å².